The summed E-state index contributed by atoms with van der Waals surface area (Å²) in [5.41, 5.74) is 0.226. The number of ether oxygens (including phenoxy) is 1. The molecule has 0 amide bonds. The molecule has 2 atom stereocenters. The number of aliphatic hydroxyl groups excluding tert-OH is 3. The first-order valence-corrected chi connectivity index (χ1v) is 4.79. The van der Waals surface area contributed by atoms with Crippen LogP contribution in [0.25, 0.3) is 0 Å². The third kappa shape index (κ3) is 3.75. The Labute approximate surface area is 95.8 Å². The Balaban J connectivity index is 2.62. The molecule has 0 radical (unpaired) electrons. The molecule has 1 aromatic heterocycles. The van der Waals surface area contributed by atoms with Gasteiger partial charge in [0.2, 0.25) is 0 Å². The van der Waals surface area contributed by atoms with Crippen molar-refractivity contribution in [2.45, 2.75) is 12.2 Å². The van der Waals surface area contributed by atoms with E-state index in [4.69, 9.17) is 20.1 Å². The molecule has 17 heavy (non-hydrogen) atoms. The third-order valence-corrected chi connectivity index (χ3v) is 1.97. The Morgan fingerprint density at radius 2 is 2.24 bits per heavy atom. The summed E-state index contributed by atoms with van der Waals surface area (Å²) in [5.74, 6) is -0.454. The van der Waals surface area contributed by atoms with Crippen LogP contribution in [0.3, 0.4) is 0 Å². The Morgan fingerprint density at radius 3 is 2.71 bits per heavy atom. The van der Waals surface area contributed by atoms with Crippen LogP contribution in [0.4, 0.5) is 5.95 Å². The monoisotopic (exact) mass is 247 g/mol. The predicted molar refractivity (Wildman–Crippen MR) is 54.1 cm³/mol. The van der Waals surface area contributed by atoms with Gasteiger partial charge in [-0.25, -0.2) is 4.98 Å². The molecule has 0 saturated carbocycles. The van der Waals surface area contributed by atoms with Gasteiger partial charge in [-0.3, -0.25) is 0 Å². The maximum atomic E-state index is 10.4. The van der Waals surface area contributed by atoms with Crippen LogP contribution in [0.2, 0.25) is 0 Å². The van der Waals surface area contributed by atoms with Gasteiger partial charge < -0.3 is 30.2 Å². The molecule has 9 heteroatoms. The average molecular weight is 247 g/mol. The van der Waals surface area contributed by atoms with Crippen molar-refractivity contribution in [3.05, 3.63) is 22.0 Å². The zero-order valence-electron chi connectivity index (χ0n) is 8.81. The normalized spacial score (nSPS) is 14.5. The minimum atomic E-state index is -1.07. The first-order chi connectivity index (χ1) is 8.08. The maximum absolute atomic E-state index is 10.4. The zero-order valence-corrected chi connectivity index (χ0v) is 8.81. The molecule has 1 aromatic rings. The Kier molecular flexibility index (Phi) is 4.97. The van der Waals surface area contributed by atoms with Gasteiger partial charge in [0, 0.05) is 0 Å². The van der Waals surface area contributed by atoms with Gasteiger partial charge in [0.15, 0.2) is 0 Å². The van der Waals surface area contributed by atoms with Gasteiger partial charge in [-0.2, -0.15) is 0 Å². The van der Waals surface area contributed by atoms with Crippen molar-refractivity contribution in [2.24, 2.45) is 0 Å². The van der Waals surface area contributed by atoms with E-state index in [2.05, 4.69) is 9.97 Å². The largest absolute Gasteiger partial charge is 0.432 e. The Morgan fingerprint density at radius 1 is 1.53 bits per heavy atom. The fraction of sp³-hybridized carbons (Fsp3) is 0.625. The highest BCUT2D eigenvalue weighted by molar-refractivity contribution is 5.13. The molecule has 4 N–H and O–H groups in total. The lowest BCUT2D eigenvalue weighted by atomic mass is 10.3. The second-order valence-corrected chi connectivity index (χ2v) is 3.26. The molecule has 96 valence electrons. The average Bonchev–Trinajstić information content (AvgIpc) is 2.79. The number of H-pyrrole nitrogens is 1. The number of aromatic nitrogens is 2. The van der Waals surface area contributed by atoms with Crippen LogP contribution in [-0.2, 0) is 4.74 Å². The molecule has 0 spiro atoms. The van der Waals surface area contributed by atoms with Gasteiger partial charge in [0.25, 0.3) is 0 Å². The third-order valence-electron chi connectivity index (χ3n) is 1.97. The molecule has 0 fully saturated rings. The number of rotatable bonds is 7. The predicted octanol–water partition coefficient (Wildman–Crippen LogP) is -1.28. The fourth-order valence-corrected chi connectivity index (χ4v) is 1.10. The maximum Gasteiger partial charge on any atom is 0.432 e. The van der Waals surface area contributed by atoms with Crippen molar-refractivity contribution in [2.75, 3.05) is 19.8 Å². The van der Waals surface area contributed by atoms with E-state index in [1.165, 1.54) is 6.20 Å². The van der Waals surface area contributed by atoms with E-state index in [0.717, 1.165) is 0 Å². The SMILES string of the molecule is O=[N+]([O-])c1ncc(C(CO)OCC(O)CO)[nH]1. The minimum absolute atomic E-state index is 0.200. The Hall–Kier alpha value is -1.55. The van der Waals surface area contributed by atoms with Gasteiger partial charge in [-0.1, -0.05) is 4.98 Å². The van der Waals surface area contributed by atoms with Gasteiger partial charge in [0.1, 0.15) is 24.1 Å². The molecule has 0 saturated heterocycles. The molecular formula is C8H13N3O6. The van der Waals surface area contributed by atoms with Crippen molar-refractivity contribution < 1.29 is 25.0 Å². The summed E-state index contributed by atoms with van der Waals surface area (Å²) in [6.45, 7) is -1.10. The van der Waals surface area contributed by atoms with Crippen molar-refractivity contribution >= 4 is 5.95 Å². The van der Waals surface area contributed by atoms with E-state index in [0.29, 0.717) is 0 Å². The van der Waals surface area contributed by atoms with E-state index in [9.17, 15) is 10.1 Å². The van der Waals surface area contributed by atoms with Crippen LogP contribution >= 0.6 is 0 Å². The molecule has 2 unspecified atom stereocenters. The van der Waals surface area contributed by atoms with Crippen molar-refractivity contribution in [3.63, 3.8) is 0 Å². The van der Waals surface area contributed by atoms with Gasteiger partial charge in [0.05, 0.1) is 19.8 Å². The summed E-state index contributed by atoms with van der Waals surface area (Å²) in [6.07, 6.45) is -0.760. The fourth-order valence-electron chi connectivity index (χ4n) is 1.10. The first kappa shape index (κ1) is 13.5. The van der Waals surface area contributed by atoms with E-state index < -0.39 is 36.3 Å². The molecule has 0 aromatic carbocycles. The van der Waals surface area contributed by atoms with Crippen molar-refractivity contribution in [3.8, 4) is 0 Å². The topological polar surface area (TPSA) is 142 Å². The summed E-state index contributed by atoms with van der Waals surface area (Å²) in [5, 5.41) is 37.0. The number of aliphatic hydroxyl groups is 3. The smallest absolute Gasteiger partial charge is 0.394 e. The quantitative estimate of drug-likeness (QED) is 0.347. The highest BCUT2D eigenvalue weighted by Crippen LogP contribution is 2.17. The van der Waals surface area contributed by atoms with E-state index in [-0.39, 0.29) is 12.3 Å². The number of imidazole rings is 1. The van der Waals surface area contributed by atoms with E-state index in [1.807, 2.05) is 0 Å². The number of nitrogens with one attached hydrogen (secondary N) is 1. The molecule has 0 aliphatic carbocycles. The first-order valence-electron chi connectivity index (χ1n) is 4.79. The summed E-state index contributed by atoms with van der Waals surface area (Å²) in [7, 11) is 0. The van der Waals surface area contributed by atoms with Crippen LogP contribution in [-0.4, -0.2) is 56.1 Å². The lowest BCUT2D eigenvalue weighted by Gasteiger charge is -2.14. The van der Waals surface area contributed by atoms with E-state index >= 15 is 0 Å². The highest BCUT2D eigenvalue weighted by Gasteiger charge is 2.21. The van der Waals surface area contributed by atoms with E-state index in [1.54, 1.807) is 0 Å². The lowest BCUT2D eigenvalue weighted by Crippen LogP contribution is -2.22. The molecule has 0 aliphatic rings. The summed E-state index contributed by atoms with van der Waals surface area (Å²) in [4.78, 5) is 15.5. The van der Waals surface area contributed by atoms with Crippen LogP contribution < -0.4 is 0 Å². The van der Waals surface area contributed by atoms with Crippen LogP contribution in [0.1, 0.15) is 11.8 Å². The second-order valence-electron chi connectivity index (χ2n) is 3.26. The minimum Gasteiger partial charge on any atom is -0.394 e. The van der Waals surface area contributed by atoms with Crippen molar-refractivity contribution in [1.82, 2.24) is 9.97 Å². The van der Waals surface area contributed by atoms with Gasteiger partial charge >= 0.3 is 5.95 Å². The van der Waals surface area contributed by atoms with Crippen LogP contribution in [0.15, 0.2) is 6.20 Å². The number of nitrogens with zero attached hydrogens (tertiary/aromatic N) is 2. The van der Waals surface area contributed by atoms with Crippen LogP contribution in [0, 0.1) is 10.1 Å². The number of aromatic amines is 1. The highest BCUT2D eigenvalue weighted by atomic mass is 16.6. The number of hydrogen-bond acceptors (Lipinski definition) is 7. The summed E-state index contributed by atoms with van der Waals surface area (Å²) in [6, 6.07) is 0. The molecule has 9 nitrogen and oxygen atoms in total. The molecule has 0 aliphatic heterocycles. The summed E-state index contributed by atoms with van der Waals surface area (Å²) >= 11 is 0. The van der Waals surface area contributed by atoms with Gasteiger partial charge in [-0.05, 0) is 4.92 Å². The van der Waals surface area contributed by atoms with Crippen molar-refractivity contribution in [1.29, 1.82) is 0 Å². The summed E-state index contributed by atoms with van der Waals surface area (Å²) < 4.78 is 5.07. The molecule has 1 heterocycles. The molecule has 1 rings (SSSR count). The second kappa shape index (κ2) is 6.25. The molecule has 0 bridgehead atoms. The Bertz CT molecular complexity index is 368. The number of nitro groups is 1. The molecular weight excluding hydrogens is 234 g/mol. The number of hydrogen-bond donors (Lipinski definition) is 4. The standard InChI is InChI=1S/C8H13N3O6/c12-2-5(14)4-17-7(3-13)6-1-9-8(10-6)11(15)16/h1,5,7,12-14H,2-4H2,(H,9,10). The lowest BCUT2D eigenvalue weighted by molar-refractivity contribution is -0.393. The van der Waals surface area contributed by atoms with Gasteiger partial charge in [-0.15, -0.1) is 0 Å². The zero-order chi connectivity index (χ0) is 12.8. The van der Waals surface area contributed by atoms with Crippen LogP contribution in [0.5, 0.6) is 0 Å².